The van der Waals surface area contributed by atoms with Gasteiger partial charge in [0.2, 0.25) is 10.0 Å². The highest BCUT2D eigenvalue weighted by Crippen LogP contribution is 2.34. The molecule has 0 amide bonds. The van der Waals surface area contributed by atoms with E-state index in [1.165, 1.54) is 24.2 Å². The Morgan fingerprint density at radius 1 is 1.17 bits per heavy atom. The number of anilines is 1. The van der Waals surface area contributed by atoms with Crippen molar-refractivity contribution >= 4 is 42.8 Å². The number of hydrogen-bond donors (Lipinski definition) is 1. The van der Waals surface area contributed by atoms with Crippen LogP contribution in [0.5, 0.6) is 5.75 Å². The lowest BCUT2D eigenvalue weighted by Gasteiger charge is -2.38. The summed E-state index contributed by atoms with van der Waals surface area (Å²) in [6, 6.07) is 2.21. The predicted molar refractivity (Wildman–Crippen MR) is 122 cm³/mol. The summed E-state index contributed by atoms with van der Waals surface area (Å²) in [4.78, 5) is 26.8. The van der Waals surface area contributed by atoms with E-state index in [1.54, 1.807) is 11.1 Å². The normalized spacial score (nSPS) is 19.5. The highest BCUT2D eigenvalue weighted by atomic mass is 32.2. The minimum absolute atomic E-state index is 0.158. The molecule has 36 heavy (non-hydrogen) atoms. The Morgan fingerprint density at radius 2 is 1.89 bits per heavy atom. The van der Waals surface area contributed by atoms with Crippen molar-refractivity contribution in [1.82, 2.24) is 19.3 Å². The number of fused-ring (bicyclic) bond motifs is 1. The molecule has 0 spiro atoms. The summed E-state index contributed by atoms with van der Waals surface area (Å²) in [5, 5.41) is 10.3. The van der Waals surface area contributed by atoms with Crippen molar-refractivity contribution in [2.24, 2.45) is 5.92 Å². The van der Waals surface area contributed by atoms with Gasteiger partial charge in [0.05, 0.1) is 15.8 Å². The van der Waals surface area contributed by atoms with Crippen molar-refractivity contribution in [2.45, 2.75) is 36.6 Å². The standard InChI is InChI=1S/C21H20F3N5O5S2/c22-21(23,24)34-13-3-5-14(6-4-13)36(32,33)29-8-7-28(11-15(29)19(30)31)20-27-18-16(35-20)10-25-17(26-18)9-12-1-2-12/h3-6,10,12,15H,1-2,7-9,11H2,(H,30,31)/t15-/m1/s1. The summed E-state index contributed by atoms with van der Waals surface area (Å²) < 4.78 is 68.9. The van der Waals surface area contributed by atoms with Crippen LogP contribution in [-0.4, -0.2) is 70.8 Å². The van der Waals surface area contributed by atoms with E-state index in [2.05, 4.69) is 19.7 Å². The lowest BCUT2D eigenvalue weighted by atomic mass is 10.2. The van der Waals surface area contributed by atoms with Crippen molar-refractivity contribution in [3.63, 3.8) is 0 Å². The van der Waals surface area contributed by atoms with E-state index in [0.29, 0.717) is 22.5 Å². The molecule has 2 aromatic heterocycles. The number of piperazine rings is 1. The first-order chi connectivity index (χ1) is 17.0. The number of thiazole rings is 1. The zero-order valence-electron chi connectivity index (χ0n) is 18.6. The summed E-state index contributed by atoms with van der Waals surface area (Å²) in [6.07, 6.45) is -0.0967. The Labute approximate surface area is 207 Å². The second-order valence-electron chi connectivity index (χ2n) is 8.55. The van der Waals surface area contributed by atoms with Crippen molar-refractivity contribution in [3.05, 3.63) is 36.3 Å². The van der Waals surface area contributed by atoms with Crippen LogP contribution in [0.25, 0.3) is 10.3 Å². The maximum atomic E-state index is 13.2. The maximum absolute atomic E-state index is 13.2. The average Bonchev–Trinajstić information content (AvgIpc) is 3.52. The number of alkyl halides is 3. The summed E-state index contributed by atoms with van der Waals surface area (Å²) in [5.41, 5.74) is 0.517. The molecule has 0 unspecified atom stereocenters. The molecule has 2 fully saturated rings. The van der Waals surface area contributed by atoms with Crippen molar-refractivity contribution in [1.29, 1.82) is 0 Å². The van der Waals surface area contributed by atoms with Gasteiger partial charge in [-0.15, -0.1) is 13.2 Å². The zero-order valence-corrected chi connectivity index (χ0v) is 20.2. The van der Waals surface area contributed by atoms with Crippen LogP contribution in [-0.2, 0) is 21.2 Å². The van der Waals surface area contributed by atoms with Gasteiger partial charge in [0.1, 0.15) is 17.6 Å². The largest absolute Gasteiger partial charge is 0.573 e. The Hall–Kier alpha value is -3.04. The van der Waals surface area contributed by atoms with Crippen LogP contribution in [0.15, 0.2) is 35.4 Å². The SMILES string of the molecule is O=C(O)[C@H]1CN(c2nc3nc(CC4CC4)ncc3s2)CCN1S(=O)(=O)c1ccc(OC(F)(F)F)cc1. The number of hydrogen-bond acceptors (Lipinski definition) is 9. The molecule has 15 heteroatoms. The molecule has 1 saturated heterocycles. The number of carboxylic acid groups (broad SMARTS) is 1. The molecule has 3 heterocycles. The van der Waals surface area contributed by atoms with Gasteiger partial charge in [0, 0.05) is 26.1 Å². The van der Waals surface area contributed by atoms with E-state index in [9.17, 15) is 31.5 Å². The number of benzene rings is 1. The molecule has 10 nitrogen and oxygen atoms in total. The van der Waals surface area contributed by atoms with E-state index in [0.717, 1.165) is 39.7 Å². The number of sulfonamides is 1. The Bertz CT molecular complexity index is 1390. The van der Waals surface area contributed by atoms with Gasteiger partial charge in [0.25, 0.3) is 0 Å². The minimum atomic E-state index is -4.92. The van der Waals surface area contributed by atoms with Crippen molar-refractivity contribution in [3.8, 4) is 5.75 Å². The number of nitrogens with zero attached hydrogens (tertiary/aromatic N) is 5. The van der Waals surface area contributed by atoms with E-state index >= 15 is 0 Å². The smallest absolute Gasteiger partial charge is 0.480 e. The monoisotopic (exact) mass is 543 g/mol. The predicted octanol–water partition coefficient (Wildman–Crippen LogP) is 2.90. The highest BCUT2D eigenvalue weighted by Gasteiger charge is 2.41. The third-order valence-corrected chi connectivity index (χ3v) is 8.87. The van der Waals surface area contributed by atoms with Gasteiger partial charge in [-0.25, -0.2) is 18.4 Å². The first-order valence-corrected chi connectivity index (χ1v) is 13.2. The van der Waals surface area contributed by atoms with Gasteiger partial charge in [-0.1, -0.05) is 11.3 Å². The Balaban J connectivity index is 1.34. The molecule has 1 aliphatic carbocycles. The number of ether oxygens (including phenoxy) is 1. The second kappa shape index (κ2) is 9.12. The first-order valence-electron chi connectivity index (χ1n) is 11.0. The number of halogens is 3. The lowest BCUT2D eigenvalue weighted by molar-refractivity contribution is -0.274. The molecule has 1 N–H and O–H groups in total. The highest BCUT2D eigenvalue weighted by molar-refractivity contribution is 7.89. The minimum Gasteiger partial charge on any atom is -0.480 e. The van der Waals surface area contributed by atoms with Crippen LogP contribution >= 0.6 is 11.3 Å². The summed E-state index contributed by atoms with van der Waals surface area (Å²) >= 11 is 1.30. The van der Waals surface area contributed by atoms with Crippen LogP contribution in [0.2, 0.25) is 0 Å². The van der Waals surface area contributed by atoms with E-state index in [-0.39, 0.29) is 24.5 Å². The average molecular weight is 544 g/mol. The van der Waals surface area contributed by atoms with E-state index in [1.807, 2.05) is 0 Å². The van der Waals surface area contributed by atoms with Crippen LogP contribution in [0.3, 0.4) is 0 Å². The first kappa shape index (κ1) is 24.6. The van der Waals surface area contributed by atoms with Crippen molar-refractivity contribution in [2.75, 3.05) is 24.5 Å². The molecule has 1 saturated carbocycles. The van der Waals surface area contributed by atoms with Gasteiger partial charge in [-0.3, -0.25) is 4.79 Å². The molecule has 5 rings (SSSR count). The fraction of sp³-hybridized carbons (Fsp3) is 0.429. The maximum Gasteiger partial charge on any atom is 0.573 e. The van der Waals surface area contributed by atoms with Crippen LogP contribution in [0.1, 0.15) is 18.7 Å². The quantitative estimate of drug-likeness (QED) is 0.479. The van der Waals surface area contributed by atoms with E-state index in [4.69, 9.17) is 0 Å². The Kier molecular flexibility index (Phi) is 6.24. The zero-order chi connectivity index (χ0) is 25.7. The molecule has 1 aromatic carbocycles. The fourth-order valence-corrected chi connectivity index (χ4v) is 6.43. The third kappa shape index (κ3) is 5.22. The molecule has 1 aliphatic heterocycles. The molecule has 0 bridgehead atoms. The van der Waals surface area contributed by atoms with Crippen molar-refractivity contribution < 1.29 is 36.2 Å². The summed E-state index contributed by atoms with van der Waals surface area (Å²) in [5.74, 6) is -0.610. The van der Waals surface area contributed by atoms with Gasteiger partial charge in [-0.2, -0.15) is 9.29 Å². The molecule has 192 valence electrons. The number of carboxylic acids is 1. The third-order valence-electron chi connectivity index (χ3n) is 5.91. The number of carbonyl (C=O) groups is 1. The van der Waals surface area contributed by atoms with Gasteiger partial charge in [-0.05, 0) is 43.0 Å². The van der Waals surface area contributed by atoms with Gasteiger partial charge in [0.15, 0.2) is 10.8 Å². The molecule has 0 radical (unpaired) electrons. The van der Waals surface area contributed by atoms with Crippen LogP contribution in [0.4, 0.5) is 18.3 Å². The fourth-order valence-electron chi connectivity index (χ4n) is 3.95. The Morgan fingerprint density at radius 3 is 2.53 bits per heavy atom. The second-order valence-corrected chi connectivity index (χ2v) is 11.5. The lowest BCUT2D eigenvalue weighted by Crippen LogP contribution is -2.58. The number of aliphatic carboxylic acids is 1. The van der Waals surface area contributed by atoms with Gasteiger partial charge >= 0.3 is 12.3 Å². The molecular formula is C21H20F3N5O5S2. The van der Waals surface area contributed by atoms with Gasteiger partial charge < -0.3 is 14.7 Å². The molecule has 2 aliphatic rings. The molecular weight excluding hydrogens is 523 g/mol. The number of rotatable bonds is 7. The number of aromatic nitrogens is 3. The van der Waals surface area contributed by atoms with Crippen LogP contribution < -0.4 is 9.64 Å². The summed E-state index contributed by atoms with van der Waals surface area (Å²) in [6.45, 7) is -0.152. The topological polar surface area (TPSA) is 126 Å². The summed E-state index contributed by atoms with van der Waals surface area (Å²) in [7, 11) is -4.31. The molecule has 1 atom stereocenters. The van der Waals surface area contributed by atoms with Crippen LogP contribution in [0, 0.1) is 5.92 Å². The van der Waals surface area contributed by atoms with E-state index < -0.39 is 34.1 Å². The molecule has 3 aromatic rings.